The van der Waals surface area contributed by atoms with Crippen molar-refractivity contribution in [2.75, 3.05) is 13.1 Å². The maximum atomic E-state index is 3.93. The lowest BCUT2D eigenvalue weighted by Crippen LogP contribution is -2.30. The average Bonchev–Trinajstić information content (AvgIpc) is 2.09. The third kappa shape index (κ3) is 3.80. The standard InChI is InChI=1S/C9H17N.C2H6/c1-8(2)10-6-4-9(3)5-7-10;1-2/h9H,1,4-7H2,2-3H3;1-2H3. The van der Waals surface area contributed by atoms with E-state index < -0.39 is 0 Å². The fraction of sp³-hybridized carbons (Fsp3) is 0.818. The molecule has 0 radical (unpaired) electrons. The summed E-state index contributed by atoms with van der Waals surface area (Å²) in [5.41, 5.74) is 1.23. The second-order valence-electron chi connectivity index (χ2n) is 3.40. The van der Waals surface area contributed by atoms with Crippen LogP contribution < -0.4 is 0 Å². The first-order valence-electron chi connectivity index (χ1n) is 5.10. The number of hydrogen-bond donors (Lipinski definition) is 0. The molecule has 1 rings (SSSR count). The molecule has 1 fully saturated rings. The van der Waals surface area contributed by atoms with Crippen molar-refractivity contribution in [2.24, 2.45) is 5.92 Å². The molecule has 0 aliphatic carbocycles. The SMILES string of the molecule is C=C(C)N1CCC(C)CC1.CC. The summed E-state index contributed by atoms with van der Waals surface area (Å²) in [5.74, 6) is 0.926. The van der Waals surface area contributed by atoms with Crippen molar-refractivity contribution in [2.45, 2.75) is 40.5 Å². The maximum Gasteiger partial charge on any atom is 0.0177 e. The van der Waals surface area contributed by atoms with E-state index in [-0.39, 0.29) is 0 Å². The van der Waals surface area contributed by atoms with Crippen LogP contribution in [0.25, 0.3) is 0 Å². The predicted octanol–water partition coefficient (Wildman–Crippen LogP) is 3.28. The highest BCUT2D eigenvalue weighted by molar-refractivity contribution is 4.90. The highest BCUT2D eigenvalue weighted by Gasteiger charge is 2.13. The molecule has 1 aliphatic rings. The van der Waals surface area contributed by atoms with Crippen molar-refractivity contribution in [3.05, 3.63) is 12.3 Å². The molecule has 0 saturated carbocycles. The number of rotatable bonds is 1. The van der Waals surface area contributed by atoms with Crippen LogP contribution in [0.4, 0.5) is 0 Å². The smallest absolute Gasteiger partial charge is 0.0177 e. The molecule has 1 heteroatoms. The molecule has 1 saturated heterocycles. The van der Waals surface area contributed by atoms with Crippen LogP contribution >= 0.6 is 0 Å². The molecule has 0 N–H and O–H groups in total. The lowest BCUT2D eigenvalue weighted by molar-refractivity contribution is 0.238. The molecule has 0 aromatic heterocycles. The monoisotopic (exact) mass is 169 g/mol. The van der Waals surface area contributed by atoms with Crippen molar-refractivity contribution in [1.29, 1.82) is 0 Å². The molecule has 1 nitrogen and oxygen atoms in total. The van der Waals surface area contributed by atoms with Crippen LogP contribution in [-0.4, -0.2) is 18.0 Å². The lowest BCUT2D eigenvalue weighted by atomic mass is 9.99. The van der Waals surface area contributed by atoms with E-state index in [0.717, 1.165) is 5.92 Å². The Morgan fingerprint density at radius 1 is 1.25 bits per heavy atom. The molecule has 1 aliphatic heterocycles. The molecule has 0 atom stereocenters. The molecule has 0 amide bonds. The third-order valence-electron chi connectivity index (χ3n) is 2.32. The first-order chi connectivity index (χ1) is 5.70. The third-order valence-corrected chi connectivity index (χ3v) is 2.32. The van der Waals surface area contributed by atoms with Crippen LogP contribution in [0.2, 0.25) is 0 Å². The quantitative estimate of drug-likeness (QED) is 0.582. The molecule has 0 aromatic rings. The van der Waals surface area contributed by atoms with Gasteiger partial charge in [-0.3, -0.25) is 0 Å². The van der Waals surface area contributed by atoms with Gasteiger partial charge in [0.25, 0.3) is 0 Å². The van der Waals surface area contributed by atoms with Gasteiger partial charge in [0, 0.05) is 18.8 Å². The molecule has 12 heavy (non-hydrogen) atoms. The molecule has 1 heterocycles. The summed E-state index contributed by atoms with van der Waals surface area (Å²) >= 11 is 0. The van der Waals surface area contributed by atoms with Crippen molar-refractivity contribution >= 4 is 0 Å². The summed E-state index contributed by atoms with van der Waals surface area (Å²) in [4.78, 5) is 2.38. The zero-order chi connectivity index (χ0) is 9.56. The van der Waals surface area contributed by atoms with Crippen LogP contribution in [0.1, 0.15) is 40.5 Å². The fourth-order valence-corrected chi connectivity index (χ4v) is 1.39. The van der Waals surface area contributed by atoms with Crippen LogP contribution in [0, 0.1) is 5.92 Å². The molecular weight excluding hydrogens is 146 g/mol. The van der Waals surface area contributed by atoms with Crippen LogP contribution in [0.3, 0.4) is 0 Å². The average molecular weight is 169 g/mol. The van der Waals surface area contributed by atoms with E-state index in [4.69, 9.17) is 0 Å². The van der Waals surface area contributed by atoms with Crippen molar-refractivity contribution in [3.8, 4) is 0 Å². The van der Waals surface area contributed by atoms with Crippen molar-refractivity contribution < 1.29 is 0 Å². The molecule has 0 spiro atoms. The Bertz CT molecular complexity index is 121. The minimum absolute atomic E-state index is 0.926. The van der Waals surface area contributed by atoms with E-state index in [1.165, 1.54) is 31.6 Å². The Balaban J connectivity index is 0.000000561. The second kappa shape index (κ2) is 6.10. The van der Waals surface area contributed by atoms with Gasteiger partial charge in [0.05, 0.1) is 0 Å². The summed E-state index contributed by atoms with van der Waals surface area (Å²) in [5, 5.41) is 0. The molecular formula is C11H23N. The van der Waals surface area contributed by atoms with Crippen molar-refractivity contribution in [1.82, 2.24) is 4.90 Å². The fourth-order valence-electron chi connectivity index (χ4n) is 1.39. The highest BCUT2D eigenvalue weighted by Crippen LogP contribution is 2.18. The van der Waals surface area contributed by atoms with E-state index in [1.54, 1.807) is 0 Å². The van der Waals surface area contributed by atoms with Gasteiger partial charge < -0.3 is 4.90 Å². The number of hydrogen-bond acceptors (Lipinski definition) is 1. The topological polar surface area (TPSA) is 3.24 Å². The minimum Gasteiger partial charge on any atom is -0.376 e. The Kier molecular flexibility index (Phi) is 5.87. The Morgan fingerprint density at radius 3 is 2.00 bits per heavy atom. The summed E-state index contributed by atoms with van der Waals surface area (Å²) in [6.45, 7) is 14.8. The predicted molar refractivity (Wildman–Crippen MR) is 56.1 cm³/mol. The van der Waals surface area contributed by atoms with E-state index in [1.807, 2.05) is 13.8 Å². The summed E-state index contributed by atoms with van der Waals surface area (Å²) in [6, 6.07) is 0. The van der Waals surface area contributed by atoms with E-state index in [0.29, 0.717) is 0 Å². The van der Waals surface area contributed by atoms with Crippen LogP contribution in [0.15, 0.2) is 12.3 Å². The largest absolute Gasteiger partial charge is 0.376 e. The Labute approximate surface area is 77.5 Å². The Hall–Kier alpha value is -0.460. The second-order valence-corrected chi connectivity index (χ2v) is 3.40. The van der Waals surface area contributed by atoms with Gasteiger partial charge >= 0.3 is 0 Å². The molecule has 0 bridgehead atoms. The number of likely N-dealkylation sites (tertiary alicyclic amines) is 1. The van der Waals surface area contributed by atoms with Crippen LogP contribution in [-0.2, 0) is 0 Å². The Morgan fingerprint density at radius 2 is 1.67 bits per heavy atom. The van der Waals surface area contributed by atoms with Gasteiger partial charge in [-0.25, -0.2) is 0 Å². The zero-order valence-corrected chi connectivity index (χ0v) is 9.06. The lowest BCUT2D eigenvalue weighted by Gasteiger charge is -2.32. The van der Waals surface area contributed by atoms with Gasteiger partial charge in [-0.1, -0.05) is 27.4 Å². The van der Waals surface area contributed by atoms with E-state index in [2.05, 4.69) is 25.3 Å². The minimum atomic E-state index is 0.926. The van der Waals surface area contributed by atoms with E-state index >= 15 is 0 Å². The first-order valence-corrected chi connectivity index (χ1v) is 5.10. The number of nitrogens with zero attached hydrogens (tertiary/aromatic N) is 1. The van der Waals surface area contributed by atoms with Gasteiger partial charge in [-0.15, -0.1) is 0 Å². The van der Waals surface area contributed by atoms with Gasteiger partial charge in [0.2, 0.25) is 0 Å². The van der Waals surface area contributed by atoms with Gasteiger partial charge in [-0.05, 0) is 25.7 Å². The molecule has 0 aromatic carbocycles. The molecule has 72 valence electrons. The number of piperidine rings is 1. The van der Waals surface area contributed by atoms with E-state index in [9.17, 15) is 0 Å². The van der Waals surface area contributed by atoms with Gasteiger partial charge in [-0.2, -0.15) is 0 Å². The maximum absolute atomic E-state index is 3.93. The normalized spacial score (nSPS) is 18.2. The zero-order valence-electron chi connectivity index (χ0n) is 9.06. The first kappa shape index (κ1) is 11.5. The van der Waals surface area contributed by atoms with Gasteiger partial charge in [0.15, 0.2) is 0 Å². The summed E-state index contributed by atoms with van der Waals surface area (Å²) in [7, 11) is 0. The van der Waals surface area contributed by atoms with Crippen LogP contribution in [0.5, 0.6) is 0 Å². The van der Waals surface area contributed by atoms with Crippen molar-refractivity contribution in [3.63, 3.8) is 0 Å². The summed E-state index contributed by atoms with van der Waals surface area (Å²) in [6.07, 6.45) is 2.68. The molecule has 0 unspecified atom stereocenters. The number of allylic oxidation sites excluding steroid dienone is 1. The summed E-state index contributed by atoms with van der Waals surface area (Å²) < 4.78 is 0. The highest BCUT2D eigenvalue weighted by atomic mass is 15.1. The van der Waals surface area contributed by atoms with Gasteiger partial charge in [0.1, 0.15) is 0 Å².